The molecule has 0 bridgehead atoms. The third-order valence-corrected chi connectivity index (χ3v) is 3.83. The zero-order valence-corrected chi connectivity index (χ0v) is 9.60. The van der Waals surface area contributed by atoms with Gasteiger partial charge in [-0.2, -0.15) is 0 Å². The van der Waals surface area contributed by atoms with Crippen LogP contribution in [0.3, 0.4) is 0 Å². The summed E-state index contributed by atoms with van der Waals surface area (Å²) in [7, 11) is -3.07. The van der Waals surface area contributed by atoms with E-state index in [1.165, 1.54) is 17.4 Å². The molecule has 1 N–H and O–H groups in total. The van der Waals surface area contributed by atoms with Crippen molar-refractivity contribution in [1.29, 1.82) is 0 Å². The van der Waals surface area contributed by atoms with E-state index in [9.17, 15) is 8.42 Å². The molecule has 2 rings (SSSR count). The lowest BCUT2D eigenvalue weighted by molar-refractivity contribution is 0.601. The zero-order valence-electron chi connectivity index (χ0n) is 8.79. The molecule has 0 spiro atoms. The van der Waals surface area contributed by atoms with Gasteiger partial charge in [-0.05, 0) is 42.6 Å². The van der Waals surface area contributed by atoms with Crippen molar-refractivity contribution in [3.05, 3.63) is 29.3 Å². The molecule has 0 atom stereocenters. The van der Waals surface area contributed by atoms with Crippen LogP contribution in [-0.4, -0.2) is 21.2 Å². The average molecular weight is 225 g/mol. The summed E-state index contributed by atoms with van der Waals surface area (Å²) in [5.74, 6) is 0. The summed E-state index contributed by atoms with van der Waals surface area (Å²) < 4.78 is 22.8. The molecule has 4 heteroatoms. The third-order valence-electron chi connectivity index (χ3n) is 2.72. The first kappa shape index (κ1) is 10.6. The highest BCUT2D eigenvalue weighted by atomic mass is 32.2. The number of benzene rings is 1. The van der Waals surface area contributed by atoms with Crippen molar-refractivity contribution in [1.82, 2.24) is 5.32 Å². The van der Waals surface area contributed by atoms with Crippen molar-refractivity contribution in [2.24, 2.45) is 0 Å². The van der Waals surface area contributed by atoms with Crippen LogP contribution in [0.5, 0.6) is 0 Å². The number of sulfone groups is 1. The smallest absolute Gasteiger partial charge is 0.175 e. The highest BCUT2D eigenvalue weighted by Gasteiger charge is 2.12. The second-order valence-corrected chi connectivity index (χ2v) is 6.00. The summed E-state index contributed by atoms with van der Waals surface area (Å²) in [5, 5.41) is 3.31. The number of aryl methyl sites for hydroxylation is 1. The summed E-state index contributed by atoms with van der Waals surface area (Å²) in [6.45, 7) is 1.85. The van der Waals surface area contributed by atoms with Crippen LogP contribution in [0.25, 0.3) is 0 Å². The molecular weight excluding hydrogens is 210 g/mol. The molecule has 0 saturated carbocycles. The molecule has 0 fully saturated rings. The van der Waals surface area contributed by atoms with E-state index in [4.69, 9.17) is 0 Å². The summed E-state index contributed by atoms with van der Waals surface area (Å²) in [6.07, 6.45) is 3.29. The Morgan fingerprint density at radius 1 is 1.27 bits per heavy atom. The fraction of sp³-hybridized carbons (Fsp3) is 0.455. The second kappa shape index (κ2) is 3.94. The SMILES string of the molecule is CS(=O)(=O)c1ccc2c(c1)CCCNC2. The Morgan fingerprint density at radius 2 is 2.07 bits per heavy atom. The van der Waals surface area contributed by atoms with Gasteiger partial charge >= 0.3 is 0 Å². The molecule has 0 amide bonds. The van der Waals surface area contributed by atoms with E-state index in [1.807, 2.05) is 12.1 Å². The molecule has 0 unspecified atom stereocenters. The maximum absolute atomic E-state index is 11.4. The minimum atomic E-state index is -3.07. The van der Waals surface area contributed by atoms with Crippen LogP contribution in [0.4, 0.5) is 0 Å². The molecule has 0 aliphatic carbocycles. The van der Waals surface area contributed by atoms with Crippen LogP contribution in [0.1, 0.15) is 17.5 Å². The van der Waals surface area contributed by atoms with Gasteiger partial charge in [0, 0.05) is 12.8 Å². The van der Waals surface area contributed by atoms with Crippen LogP contribution in [0.15, 0.2) is 23.1 Å². The van der Waals surface area contributed by atoms with E-state index < -0.39 is 9.84 Å². The van der Waals surface area contributed by atoms with Crippen molar-refractivity contribution in [3.63, 3.8) is 0 Å². The molecule has 82 valence electrons. The van der Waals surface area contributed by atoms with Crippen molar-refractivity contribution in [2.75, 3.05) is 12.8 Å². The molecule has 1 aliphatic rings. The van der Waals surface area contributed by atoms with Gasteiger partial charge in [-0.3, -0.25) is 0 Å². The topological polar surface area (TPSA) is 46.2 Å². The quantitative estimate of drug-likeness (QED) is 0.779. The number of hydrogen-bond donors (Lipinski definition) is 1. The highest BCUT2D eigenvalue weighted by Crippen LogP contribution is 2.19. The molecule has 1 heterocycles. The predicted molar refractivity (Wildman–Crippen MR) is 59.6 cm³/mol. The van der Waals surface area contributed by atoms with Gasteiger partial charge in [-0.15, -0.1) is 0 Å². The largest absolute Gasteiger partial charge is 0.313 e. The van der Waals surface area contributed by atoms with Crippen molar-refractivity contribution < 1.29 is 8.42 Å². The minimum Gasteiger partial charge on any atom is -0.313 e. The van der Waals surface area contributed by atoms with Gasteiger partial charge in [-0.25, -0.2) is 8.42 Å². The molecule has 15 heavy (non-hydrogen) atoms. The standard InChI is InChI=1S/C11H15NO2S/c1-15(13,14)11-5-4-10-8-12-6-2-3-9(10)7-11/h4-5,7,12H,2-3,6,8H2,1H3. The molecule has 1 aromatic rings. The van der Waals surface area contributed by atoms with Gasteiger partial charge in [0.25, 0.3) is 0 Å². The van der Waals surface area contributed by atoms with Gasteiger partial charge in [0.05, 0.1) is 4.90 Å². The van der Waals surface area contributed by atoms with E-state index in [2.05, 4.69) is 5.32 Å². The average Bonchev–Trinajstić information content (AvgIpc) is 2.39. The zero-order chi connectivity index (χ0) is 10.9. The van der Waals surface area contributed by atoms with Gasteiger partial charge < -0.3 is 5.32 Å². The number of nitrogens with one attached hydrogen (secondary N) is 1. The molecular formula is C11H15NO2S. The van der Waals surface area contributed by atoms with Crippen LogP contribution in [0.2, 0.25) is 0 Å². The number of rotatable bonds is 1. The van der Waals surface area contributed by atoms with Crippen LogP contribution < -0.4 is 5.32 Å². The molecule has 0 saturated heterocycles. The number of hydrogen-bond acceptors (Lipinski definition) is 3. The lowest BCUT2D eigenvalue weighted by Gasteiger charge is -2.07. The van der Waals surface area contributed by atoms with Gasteiger partial charge in [0.2, 0.25) is 0 Å². The van der Waals surface area contributed by atoms with Gasteiger partial charge in [0.15, 0.2) is 9.84 Å². The van der Waals surface area contributed by atoms with Crippen molar-refractivity contribution >= 4 is 9.84 Å². The molecule has 0 aromatic heterocycles. The van der Waals surface area contributed by atoms with Crippen LogP contribution in [0, 0.1) is 0 Å². The normalized spacial score (nSPS) is 16.9. The maximum Gasteiger partial charge on any atom is 0.175 e. The van der Waals surface area contributed by atoms with E-state index in [1.54, 1.807) is 6.07 Å². The van der Waals surface area contributed by atoms with Gasteiger partial charge in [-0.1, -0.05) is 6.07 Å². The van der Waals surface area contributed by atoms with Crippen molar-refractivity contribution in [2.45, 2.75) is 24.3 Å². The highest BCUT2D eigenvalue weighted by molar-refractivity contribution is 7.90. The summed E-state index contributed by atoms with van der Waals surface area (Å²) in [4.78, 5) is 0.433. The summed E-state index contributed by atoms with van der Waals surface area (Å²) >= 11 is 0. The van der Waals surface area contributed by atoms with Crippen LogP contribution >= 0.6 is 0 Å². The van der Waals surface area contributed by atoms with Crippen LogP contribution in [-0.2, 0) is 22.8 Å². The molecule has 1 aliphatic heterocycles. The molecule has 3 nitrogen and oxygen atoms in total. The van der Waals surface area contributed by atoms with Crippen molar-refractivity contribution in [3.8, 4) is 0 Å². The Bertz CT molecular complexity index is 465. The van der Waals surface area contributed by atoms with E-state index >= 15 is 0 Å². The molecule has 0 radical (unpaired) electrons. The fourth-order valence-electron chi connectivity index (χ4n) is 1.87. The lowest BCUT2D eigenvalue weighted by atomic mass is 10.0. The lowest BCUT2D eigenvalue weighted by Crippen LogP contribution is -2.12. The maximum atomic E-state index is 11.4. The Balaban J connectivity index is 2.45. The number of fused-ring (bicyclic) bond motifs is 1. The second-order valence-electron chi connectivity index (χ2n) is 3.98. The van der Waals surface area contributed by atoms with Gasteiger partial charge in [0.1, 0.15) is 0 Å². The van der Waals surface area contributed by atoms with E-state index in [0.717, 1.165) is 25.9 Å². The fourth-order valence-corrected chi connectivity index (χ4v) is 2.54. The first-order chi connectivity index (χ1) is 7.07. The monoisotopic (exact) mass is 225 g/mol. The Kier molecular flexibility index (Phi) is 2.80. The Labute approximate surface area is 90.4 Å². The first-order valence-electron chi connectivity index (χ1n) is 5.10. The van der Waals surface area contributed by atoms with E-state index in [-0.39, 0.29) is 0 Å². The summed E-state index contributed by atoms with van der Waals surface area (Å²) in [5.41, 5.74) is 2.39. The predicted octanol–water partition coefficient (Wildman–Crippen LogP) is 1.13. The van der Waals surface area contributed by atoms with E-state index in [0.29, 0.717) is 4.90 Å². The third kappa shape index (κ3) is 2.38. The Morgan fingerprint density at radius 3 is 2.80 bits per heavy atom. The molecule has 1 aromatic carbocycles. The minimum absolute atomic E-state index is 0.433. The Hall–Kier alpha value is -0.870. The first-order valence-corrected chi connectivity index (χ1v) is 6.99. The summed E-state index contributed by atoms with van der Waals surface area (Å²) in [6, 6.07) is 5.43.